The van der Waals surface area contributed by atoms with Crippen LogP contribution in [0.4, 0.5) is 0 Å². The van der Waals surface area contributed by atoms with Gasteiger partial charge >= 0.3 is 5.97 Å². The molecule has 1 saturated heterocycles. The maximum Gasteiger partial charge on any atom is 0.320 e. The van der Waals surface area contributed by atoms with Gasteiger partial charge in [-0.15, -0.1) is 0 Å². The zero-order valence-corrected chi connectivity index (χ0v) is 10.4. The summed E-state index contributed by atoms with van der Waals surface area (Å²) in [6.07, 6.45) is 0. The van der Waals surface area contributed by atoms with Gasteiger partial charge in [-0.2, -0.15) is 0 Å². The average Bonchev–Trinajstić information content (AvgIpc) is 2.30. The van der Waals surface area contributed by atoms with Crippen LogP contribution in [0.15, 0.2) is 0 Å². The zero-order chi connectivity index (χ0) is 12.7. The second-order valence-corrected chi connectivity index (χ2v) is 3.76. The van der Waals surface area contributed by atoms with E-state index < -0.39 is 6.04 Å². The van der Waals surface area contributed by atoms with E-state index in [1.54, 1.807) is 11.8 Å². The van der Waals surface area contributed by atoms with Gasteiger partial charge in [-0.25, -0.2) is 0 Å². The topological polar surface area (TPSA) is 67.9 Å². The van der Waals surface area contributed by atoms with Crippen LogP contribution in [-0.2, 0) is 19.1 Å². The van der Waals surface area contributed by atoms with E-state index in [4.69, 9.17) is 9.47 Å². The SMILES string of the molecule is CCNC(=O)C1COCCN1CC(=O)OCC. The summed E-state index contributed by atoms with van der Waals surface area (Å²) in [5.74, 6) is -0.403. The minimum atomic E-state index is -0.395. The highest BCUT2D eigenvalue weighted by molar-refractivity contribution is 5.83. The summed E-state index contributed by atoms with van der Waals surface area (Å²) < 4.78 is 10.1. The molecule has 0 spiro atoms. The molecule has 1 aliphatic rings. The Bertz CT molecular complexity index is 270. The van der Waals surface area contributed by atoms with Crippen molar-refractivity contribution in [3.05, 3.63) is 0 Å². The number of ether oxygens (including phenoxy) is 2. The lowest BCUT2D eigenvalue weighted by atomic mass is 10.2. The molecule has 1 amide bonds. The Morgan fingerprint density at radius 3 is 2.88 bits per heavy atom. The van der Waals surface area contributed by atoms with Crippen LogP contribution in [0.25, 0.3) is 0 Å². The lowest BCUT2D eigenvalue weighted by molar-refractivity contribution is -0.148. The Hall–Kier alpha value is -1.14. The van der Waals surface area contributed by atoms with Gasteiger partial charge in [0.2, 0.25) is 5.91 Å². The molecule has 1 heterocycles. The monoisotopic (exact) mass is 244 g/mol. The molecule has 1 fully saturated rings. The van der Waals surface area contributed by atoms with E-state index in [1.165, 1.54) is 0 Å². The van der Waals surface area contributed by atoms with Crippen LogP contribution in [-0.4, -0.2) is 62.3 Å². The van der Waals surface area contributed by atoms with Gasteiger partial charge in [0.05, 0.1) is 26.4 Å². The van der Waals surface area contributed by atoms with Gasteiger partial charge in [-0.3, -0.25) is 14.5 Å². The van der Waals surface area contributed by atoms with Gasteiger partial charge in [-0.05, 0) is 13.8 Å². The quantitative estimate of drug-likeness (QED) is 0.653. The van der Waals surface area contributed by atoms with Crippen LogP contribution in [0.2, 0.25) is 0 Å². The van der Waals surface area contributed by atoms with E-state index in [9.17, 15) is 9.59 Å². The molecule has 6 heteroatoms. The van der Waals surface area contributed by atoms with Gasteiger partial charge in [0.25, 0.3) is 0 Å². The molecule has 1 unspecified atom stereocenters. The highest BCUT2D eigenvalue weighted by atomic mass is 16.5. The van der Waals surface area contributed by atoms with Crippen LogP contribution in [0.1, 0.15) is 13.8 Å². The van der Waals surface area contributed by atoms with Crippen LogP contribution in [0.5, 0.6) is 0 Å². The number of nitrogens with one attached hydrogen (secondary N) is 1. The van der Waals surface area contributed by atoms with Crippen LogP contribution < -0.4 is 5.32 Å². The third kappa shape index (κ3) is 4.32. The van der Waals surface area contributed by atoms with Gasteiger partial charge in [0, 0.05) is 13.1 Å². The van der Waals surface area contributed by atoms with E-state index in [2.05, 4.69) is 5.32 Å². The number of carbonyl (C=O) groups is 2. The fraction of sp³-hybridized carbons (Fsp3) is 0.818. The predicted molar refractivity (Wildman–Crippen MR) is 61.5 cm³/mol. The van der Waals surface area contributed by atoms with Crippen molar-refractivity contribution in [2.75, 3.05) is 39.5 Å². The molecule has 0 aromatic rings. The highest BCUT2D eigenvalue weighted by Gasteiger charge is 2.30. The molecule has 17 heavy (non-hydrogen) atoms. The average molecular weight is 244 g/mol. The van der Waals surface area contributed by atoms with Crippen molar-refractivity contribution < 1.29 is 19.1 Å². The molecular weight excluding hydrogens is 224 g/mol. The third-order valence-corrected chi connectivity index (χ3v) is 2.53. The van der Waals surface area contributed by atoms with Crippen molar-refractivity contribution in [1.29, 1.82) is 0 Å². The van der Waals surface area contributed by atoms with E-state index in [-0.39, 0.29) is 18.4 Å². The van der Waals surface area contributed by atoms with E-state index in [0.717, 1.165) is 0 Å². The largest absolute Gasteiger partial charge is 0.465 e. The van der Waals surface area contributed by atoms with Gasteiger partial charge in [-0.1, -0.05) is 0 Å². The van der Waals surface area contributed by atoms with Crippen molar-refractivity contribution in [1.82, 2.24) is 10.2 Å². The fourth-order valence-electron chi connectivity index (χ4n) is 1.73. The van der Waals surface area contributed by atoms with Crippen LogP contribution in [0.3, 0.4) is 0 Å². The Kier molecular flexibility index (Phi) is 5.93. The second-order valence-electron chi connectivity index (χ2n) is 3.76. The van der Waals surface area contributed by atoms with Gasteiger partial charge in [0.1, 0.15) is 6.04 Å². The predicted octanol–water partition coefficient (Wildman–Crippen LogP) is -0.614. The molecule has 1 rings (SSSR count). The maximum atomic E-state index is 11.8. The molecule has 0 radical (unpaired) electrons. The number of morpholine rings is 1. The summed E-state index contributed by atoms with van der Waals surface area (Å²) >= 11 is 0. The summed E-state index contributed by atoms with van der Waals surface area (Å²) in [5.41, 5.74) is 0. The Balaban J connectivity index is 2.53. The number of carbonyl (C=O) groups excluding carboxylic acids is 2. The minimum Gasteiger partial charge on any atom is -0.465 e. The molecule has 98 valence electrons. The molecule has 6 nitrogen and oxygen atoms in total. The zero-order valence-electron chi connectivity index (χ0n) is 10.4. The van der Waals surface area contributed by atoms with Gasteiger partial charge < -0.3 is 14.8 Å². The van der Waals surface area contributed by atoms with Crippen LogP contribution >= 0.6 is 0 Å². The van der Waals surface area contributed by atoms with Gasteiger partial charge in [0.15, 0.2) is 0 Å². The van der Waals surface area contributed by atoms with Crippen LogP contribution in [0, 0.1) is 0 Å². The Labute approximate surface area is 101 Å². The normalized spacial score (nSPS) is 20.9. The summed E-state index contributed by atoms with van der Waals surface area (Å²) in [4.78, 5) is 25.0. The number of hydrogen-bond acceptors (Lipinski definition) is 5. The third-order valence-electron chi connectivity index (χ3n) is 2.53. The lowest BCUT2D eigenvalue weighted by Crippen LogP contribution is -2.55. The Morgan fingerprint density at radius 2 is 2.24 bits per heavy atom. The summed E-state index contributed by atoms with van der Waals surface area (Å²) in [5, 5.41) is 2.74. The van der Waals surface area contributed by atoms with Crippen molar-refractivity contribution in [2.24, 2.45) is 0 Å². The molecule has 0 aliphatic carbocycles. The summed E-state index contributed by atoms with van der Waals surface area (Å²) in [6, 6.07) is -0.395. The number of hydrogen-bond donors (Lipinski definition) is 1. The summed E-state index contributed by atoms with van der Waals surface area (Å²) in [6.45, 7) is 6.12. The molecule has 1 aliphatic heterocycles. The standard InChI is InChI=1S/C11H20N2O4/c1-3-12-11(15)9-8-16-6-5-13(9)7-10(14)17-4-2/h9H,3-8H2,1-2H3,(H,12,15). The molecule has 1 N–H and O–H groups in total. The molecule has 0 saturated carbocycles. The summed E-state index contributed by atoms with van der Waals surface area (Å²) in [7, 11) is 0. The molecule has 0 bridgehead atoms. The first-order valence-corrected chi connectivity index (χ1v) is 5.94. The molecule has 0 aromatic carbocycles. The van der Waals surface area contributed by atoms with E-state index in [0.29, 0.717) is 32.9 Å². The molecule has 1 atom stereocenters. The molecule has 0 aromatic heterocycles. The van der Waals surface area contributed by atoms with Crippen molar-refractivity contribution in [3.63, 3.8) is 0 Å². The highest BCUT2D eigenvalue weighted by Crippen LogP contribution is 2.07. The van der Waals surface area contributed by atoms with E-state index in [1.807, 2.05) is 6.92 Å². The maximum absolute atomic E-state index is 11.8. The van der Waals surface area contributed by atoms with E-state index >= 15 is 0 Å². The van der Waals surface area contributed by atoms with Crippen molar-refractivity contribution in [2.45, 2.75) is 19.9 Å². The fourth-order valence-corrected chi connectivity index (χ4v) is 1.73. The smallest absolute Gasteiger partial charge is 0.320 e. The lowest BCUT2D eigenvalue weighted by Gasteiger charge is -2.33. The first-order valence-electron chi connectivity index (χ1n) is 5.94. The first kappa shape index (κ1) is 13.9. The number of esters is 1. The number of likely N-dealkylation sites (N-methyl/N-ethyl adjacent to an activating group) is 1. The van der Waals surface area contributed by atoms with Crippen molar-refractivity contribution in [3.8, 4) is 0 Å². The number of rotatable bonds is 5. The molecular formula is C11H20N2O4. The first-order chi connectivity index (χ1) is 8.19. The van der Waals surface area contributed by atoms with Crippen molar-refractivity contribution >= 4 is 11.9 Å². The number of nitrogens with zero attached hydrogens (tertiary/aromatic N) is 1. The minimum absolute atomic E-state index is 0.100. The number of amides is 1. The Morgan fingerprint density at radius 1 is 1.47 bits per heavy atom. The second kappa shape index (κ2) is 7.24.